The lowest BCUT2D eigenvalue weighted by Gasteiger charge is -2.19. The number of aromatic nitrogens is 2. The lowest BCUT2D eigenvalue weighted by Crippen LogP contribution is -2.43. The molecule has 11 heteroatoms. The summed E-state index contributed by atoms with van der Waals surface area (Å²) >= 11 is 0. The first-order valence-corrected chi connectivity index (χ1v) is 15.8. The Kier molecular flexibility index (Phi) is 12.7. The Morgan fingerprint density at radius 2 is 1.42 bits per heavy atom. The van der Waals surface area contributed by atoms with Crippen LogP contribution in [-0.2, 0) is 11.2 Å². The van der Waals surface area contributed by atoms with Crippen LogP contribution in [0.2, 0.25) is 0 Å². The largest absolute Gasteiger partial charge is 0.496 e. The fourth-order valence-corrected chi connectivity index (χ4v) is 5.63. The number of aliphatic carboxylic acids is 1. The van der Waals surface area contributed by atoms with Crippen LogP contribution >= 0.6 is 0 Å². The highest BCUT2D eigenvalue weighted by Crippen LogP contribution is 2.42. The molecule has 2 heterocycles. The van der Waals surface area contributed by atoms with Crippen LogP contribution in [0.3, 0.4) is 0 Å². The summed E-state index contributed by atoms with van der Waals surface area (Å²) < 4.78 is 52.5. The third kappa shape index (κ3) is 8.73. The molecule has 0 saturated carbocycles. The van der Waals surface area contributed by atoms with Crippen molar-refractivity contribution in [3.8, 4) is 33.8 Å². The number of aryl methyl sites for hydroxylation is 2. The molecule has 0 aliphatic heterocycles. The number of halogens is 3. The fraction of sp³-hybridized carbons (Fsp3) is 0.171. The average molecular weight is 710 g/mol. The number of methoxy groups -OCH3 is 2. The first-order chi connectivity index (χ1) is 24.5. The second-order valence-electron chi connectivity index (χ2n) is 11.6. The van der Waals surface area contributed by atoms with Gasteiger partial charge in [0.2, 0.25) is 5.95 Å². The molecule has 1 atom stereocenters. The lowest BCUT2D eigenvalue weighted by molar-refractivity contribution is -0.139. The quantitative estimate of drug-likeness (QED) is 0.145. The van der Waals surface area contributed by atoms with Crippen LogP contribution in [0, 0.1) is 31.4 Å². The number of carbonyl (C=O) groups is 2. The molecule has 52 heavy (non-hydrogen) atoms. The zero-order valence-electron chi connectivity index (χ0n) is 28.2. The Morgan fingerprint density at radius 1 is 0.769 bits per heavy atom. The number of nitrogens with one attached hydrogen (secondary N) is 1. The zero-order chi connectivity index (χ0) is 36.7. The molecule has 8 nitrogen and oxygen atoms in total. The molecule has 0 fully saturated rings. The molecule has 0 unspecified atom stereocenters. The number of rotatable bonds is 9. The van der Waals surface area contributed by atoms with Crippen molar-refractivity contribution in [2.24, 2.45) is 0 Å². The van der Waals surface area contributed by atoms with E-state index in [1.54, 1.807) is 62.9 Å². The number of ether oxygens (including phenoxy) is 2. The number of pyridine rings is 2. The van der Waals surface area contributed by atoms with E-state index in [-0.39, 0.29) is 13.8 Å². The van der Waals surface area contributed by atoms with Gasteiger partial charge >= 0.3 is 5.97 Å². The Morgan fingerprint density at radius 3 is 2.02 bits per heavy atom. The summed E-state index contributed by atoms with van der Waals surface area (Å²) in [7, 11) is 3.10. The number of hydrogen-bond donors (Lipinski definition) is 2. The van der Waals surface area contributed by atoms with E-state index >= 15 is 0 Å². The van der Waals surface area contributed by atoms with Crippen LogP contribution in [0.4, 0.5) is 13.2 Å². The van der Waals surface area contributed by atoms with E-state index in [0.717, 1.165) is 28.8 Å². The molecule has 0 spiro atoms. The standard InChI is InChI=1S/C28H24F2N2O5.C12H10FN.CH4/c1-15-12-19(29)25(20(30)13-15)27(33)32-21(28(34)35)14-16-9-10-17(18-6-5-11-31-26(16)18)24-22(36-2)7-4-8-23(24)37-3;1-9-2-4-10(5-3-9)11-6-7-14-12(13)8-11;/h4-13,21H,14H2,1-3H3,(H,32,33)(H,34,35);2-8H,1H3;1H4/t21-;;/m0../s1. The van der Waals surface area contributed by atoms with Crippen molar-refractivity contribution in [2.75, 3.05) is 14.2 Å². The number of carboxylic acids is 1. The molecule has 268 valence electrons. The molecule has 6 aromatic rings. The SMILES string of the molecule is C.COc1cccc(OC)c1-c1ccc(C[C@H](NC(=O)c2c(F)cc(C)cc2F)C(=O)O)c2ncccc12.Cc1ccc(-c2ccnc(F)c2)cc1. The monoisotopic (exact) mass is 709 g/mol. The normalized spacial score (nSPS) is 11.1. The summed E-state index contributed by atoms with van der Waals surface area (Å²) in [5, 5.41) is 12.7. The molecule has 2 aromatic heterocycles. The molecular formula is C41H38F3N3O5. The van der Waals surface area contributed by atoms with E-state index in [4.69, 9.17) is 9.47 Å². The first-order valence-electron chi connectivity index (χ1n) is 15.8. The fourth-order valence-electron chi connectivity index (χ4n) is 5.63. The van der Waals surface area contributed by atoms with Gasteiger partial charge < -0.3 is 19.9 Å². The van der Waals surface area contributed by atoms with Gasteiger partial charge in [-0.25, -0.2) is 18.6 Å². The molecule has 4 aromatic carbocycles. The maximum absolute atomic E-state index is 14.3. The van der Waals surface area contributed by atoms with E-state index < -0.39 is 41.1 Å². The van der Waals surface area contributed by atoms with Crippen molar-refractivity contribution in [2.45, 2.75) is 33.7 Å². The van der Waals surface area contributed by atoms with Gasteiger partial charge in [-0.3, -0.25) is 9.78 Å². The maximum atomic E-state index is 14.3. The number of hydrogen-bond acceptors (Lipinski definition) is 6. The zero-order valence-corrected chi connectivity index (χ0v) is 28.2. The summed E-state index contributed by atoms with van der Waals surface area (Å²) in [4.78, 5) is 32.7. The van der Waals surface area contributed by atoms with Crippen molar-refractivity contribution in [1.82, 2.24) is 15.3 Å². The molecule has 2 N–H and O–H groups in total. The van der Waals surface area contributed by atoms with Gasteiger partial charge in [-0.15, -0.1) is 0 Å². The van der Waals surface area contributed by atoms with Crippen molar-refractivity contribution in [3.05, 3.63) is 143 Å². The molecule has 0 aliphatic rings. The lowest BCUT2D eigenvalue weighted by atomic mass is 9.94. The van der Waals surface area contributed by atoms with E-state index in [1.165, 1.54) is 24.8 Å². The van der Waals surface area contributed by atoms with Crippen LogP contribution in [0.1, 0.15) is 34.5 Å². The maximum Gasteiger partial charge on any atom is 0.326 e. The molecule has 0 aliphatic carbocycles. The second-order valence-corrected chi connectivity index (χ2v) is 11.6. The summed E-state index contributed by atoms with van der Waals surface area (Å²) in [6.07, 6.45) is 2.87. The van der Waals surface area contributed by atoms with Crippen molar-refractivity contribution < 1.29 is 37.3 Å². The minimum absolute atomic E-state index is 0. The average Bonchev–Trinajstić information content (AvgIpc) is 3.11. The van der Waals surface area contributed by atoms with E-state index in [2.05, 4.69) is 15.3 Å². The predicted molar refractivity (Wildman–Crippen MR) is 195 cm³/mol. The van der Waals surface area contributed by atoms with Gasteiger partial charge in [0, 0.05) is 30.3 Å². The van der Waals surface area contributed by atoms with Crippen LogP contribution in [0.15, 0.2) is 103 Å². The number of nitrogens with zero attached hydrogens (tertiary/aromatic N) is 2. The number of benzene rings is 4. The number of carboxylic acid groups (broad SMARTS) is 1. The Labute approximate surface area is 299 Å². The summed E-state index contributed by atoms with van der Waals surface area (Å²) in [6, 6.07) is 24.2. The summed E-state index contributed by atoms with van der Waals surface area (Å²) in [5.74, 6) is -3.94. The van der Waals surface area contributed by atoms with Crippen LogP contribution in [0.5, 0.6) is 11.5 Å². The Hall–Kier alpha value is -6.23. The molecule has 0 radical (unpaired) electrons. The smallest absolute Gasteiger partial charge is 0.326 e. The van der Waals surface area contributed by atoms with E-state index in [1.807, 2.05) is 37.3 Å². The van der Waals surface area contributed by atoms with Gasteiger partial charge in [0.25, 0.3) is 5.91 Å². The van der Waals surface area contributed by atoms with Crippen molar-refractivity contribution in [3.63, 3.8) is 0 Å². The summed E-state index contributed by atoms with van der Waals surface area (Å²) in [5.41, 5.74) is 5.00. The van der Waals surface area contributed by atoms with Crippen LogP contribution in [0.25, 0.3) is 33.2 Å². The molecule has 0 bridgehead atoms. The van der Waals surface area contributed by atoms with Crippen LogP contribution in [-0.4, -0.2) is 47.2 Å². The molecule has 0 saturated heterocycles. The number of carbonyl (C=O) groups excluding carboxylic acids is 1. The molecular weight excluding hydrogens is 671 g/mol. The highest BCUT2D eigenvalue weighted by Gasteiger charge is 2.27. The van der Waals surface area contributed by atoms with Gasteiger partial charge in [-0.05, 0) is 78.1 Å². The van der Waals surface area contributed by atoms with Crippen LogP contribution < -0.4 is 14.8 Å². The number of amides is 1. The third-order valence-corrected chi connectivity index (χ3v) is 8.10. The highest BCUT2D eigenvalue weighted by atomic mass is 19.1. The minimum atomic E-state index is -1.47. The minimum Gasteiger partial charge on any atom is -0.496 e. The first kappa shape index (κ1) is 38.6. The second kappa shape index (κ2) is 17.1. The van der Waals surface area contributed by atoms with Crippen molar-refractivity contribution in [1.29, 1.82) is 0 Å². The van der Waals surface area contributed by atoms with E-state index in [9.17, 15) is 27.9 Å². The summed E-state index contributed by atoms with van der Waals surface area (Å²) in [6.45, 7) is 3.51. The Balaban J connectivity index is 0.000000337. The van der Waals surface area contributed by atoms with Gasteiger partial charge in [-0.2, -0.15) is 4.39 Å². The van der Waals surface area contributed by atoms with Gasteiger partial charge in [-0.1, -0.05) is 61.5 Å². The van der Waals surface area contributed by atoms with E-state index in [0.29, 0.717) is 39.1 Å². The van der Waals surface area contributed by atoms with Gasteiger partial charge in [0.1, 0.15) is 34.7 Å². The number of fused-ring (bicyclic) bond motifs is 1. The van der Waals surface area contributed by atoms with Gasteiger partial charge in [0.05, 0.1) is 25.3 Å². The topological polar surface area (TPSA) is 111 Å². The highest BCUT2D eigenvalue weighted by molar-refractivity contribution is 6.00. The molecule has 1 amide bonds. The van der Waals surface area contributed by atoms with Gasteiger partial charge in [0.15, 0.2) is 0 Å². The third-order valence-electron chi connectivity index (χ3n) is 8.10. The predicted octanol–water partition coefficient (Wildman–Crippen LogP) is 8.76. The Bertz CT molecular complexity index is 2160. The molecule has 6 rings (SSSR count). The van der Waals surface area contributed by atoms with Crippen molar-refractivity contribution >= 4 is 22.8 Å².